The Bertz CT molecular complexity index is 663. The summed E-state index contributed by atoms with van der Waals surface area (Å²) in [6.07, 6.45) is 3.42. The van der Waals surface area contributed by atoms with Gasteiger partial charge >= 0.3 is 0 Å². The van der Waals surface area contributed by atoms with E-state index < -0.39 is 10.0 Å². The van der Waals surface area contributed by atoms with Crippen molar-refractivity contribution < 1.29 is 13.2 Å². The zero-order chi connectivity index (χ0) is 17.4. The van der Waals surface area contributed by atoms with Gasteiger partial charge in [0.2, 0.25) is 10.0 Å². The van der Waals surface area contributed by atoms with Crippen LogP contribution in [0.4, 0.5) is 5.69 Å². The first kappa shape index (κ1) is 22.1. The molecule has 1 saturated carbocycles. The summed E-state index contributed by atoms with van der Waals surface area (Å²) in [5.74, 6) is 0.613. The van der Waals surface area contributed by atoms with Gasteiger partial charge in [0.15, 0.2) is 5.96 Å². The molecule has 0 atom stereocenters. The smallest absolute Gasteiger partial charge is 0.213 e. The minimum atomic E-state index is -3.30. The highest BCUT2D eigenvalue weighted by molar-refractivity contribution is 14.0. The van der Waals surface area contributed by atoms with Crippen LogP contribution in [0.25, 0.3) is 0 Å². The van der Waals surface area contributed by atoms with Crippen LogP contribution in [0, 0.1) is 5.92 Å². The van der Waals surface area contributed by atoms with Gasteiger partial charge in [0.05, 0.1) is 18.9 Å². The molecule has 1 aromatic carbocycles. The number of nitrogens with two attached hydrogens (primary N) is 1. The fourth-order valence-electron chi connectivity index (χ4n) is 2.40. The van der Waals surface area contributed by atoms with E-state index in [1.807, 2.05) is 24.3 Å². The van der Waals surface area contributed by atoms with Crippen molar-refractivity contribution in [3.05, 3.63) is 29.8 Å². The third-order valence-electron chi connectivity index (χ3n) is 4.04. The summed E-state index contributed by atoms with van der Waals surface area (Å²) in [7, 11) is -1.68. The molecule has 0 heterocycles. The van der Waals surface area contributed by atoms with E-state index in [-0.39, 0.29) is 42.2 Å². The van der Waals surface area contributed by atoms with Crippen LogP contribution in [0.5, 0.6) is 0 Å². The number of rotatable bonds is 9. The molecule has 1 fully saturated rings. The lowest BCUT2D eigenvalue weighted by molar-refractivity contribution is 0.185. The van der Waals surface area contributed by atoms with E-state index in [4.69, 9.17) is 10.5 Å². The molecule has 1 aliphatic rings. The van der Waals surface area contributed by atoms with E-state index in [1.165, 1.54) is 6.42 Å². The second-order valence-corrected chi connectivity index (χ2v) is 7.87. The third kappa shape index (κ3) is 7.89. The van der Waals surface area contributed by atoms with Crippen LogP contribution in [0.15, 0.2) is 29.3 Å². The molecule has 0 radical (unpaired) electrons. The van der Waals surface area contributed by atoms with Crippen LogP contribution in [-0.4, -0.2) is 40.3 Å². The van der Waals surface area contributed by atoms with Crippen LogP contribution < -0.4 is 15.8 Å². The van der Waals surface area contributed by atoms with Crippen molar-refractivity contribution in [2.24, 2.45) is 16.6 Å². The van der Waals surface area contributed by atoms with Crippen LogP contribution in [0.1, 0.15) is 24.8 Å². The number of methoxy groups -OCH3 is 1. The Morgan fingerprint density at radius 2 is 2.08 bits per heavy atom. The summed E-state index contributed by atoms with van der Waals surface area (Å²) in [5.41, 5.74) is 7.59. The molecule has 2 rings (SSSR count). The maximum atomic E-state index is 11.9. The fourth-order valence-corrected chi connectivity index (χ4v) is 3.37. The van der Waals surface area contributed by atoms with Gasteiger partial charge in [-0.05, 0) is 24.8 Å². The van der Waals surface area contributed by atoms with Crippen LogP contribution in [0.2, 0.25) is 0 Å². The maximum absolute atomic E-state index is 11.9. The summed E-state index contributed by atoms with van der Waals surface area (Å²) >= 11 is 0. The monoisotopic (exact) mass is 482 g/mol. The van der Waals surface area contributed by atoms with E-state index in [9.17, 15) is 8.42 Å². The third-order valence-corrected chi connectivity index (χ3v) is 5.37. The number of nitrogens with one attached hydrogen (secondary N) is 2. The minimum absolute atomic E-state index is 0. The largest absolute Gasteiger partial charge is 0.380 e. The summed E-state index contributed by atoms with van der Waals surface area (Å²) in [5, 5.41) is 2.98. The van der Waals surface area contributed by atoms with Crippen molar-refractivity contribution in [2.45, 2.75) is 25.9 Å². The molecule has 0 amide bonds. The zero-order valence-electron chi connectivity index (χ0n) is 14.4. The first-order valence-corrected chi connectivity index (χ1v) is 9.76. The molecule has 0 bridgehead atoms. The minimum Gasteiger partial charge on any atom is -0.380 e. The van der Waals surface area contributed by atoms with Crippen molar-refractivity contribution in [2.75, 3.05) is 31.3 Å². The molecule has 0 unspecified atom stereocenters. The normalized spacial score (nSPS) is 15.3. The molecule has 1 aromatic rings. The van der Waals surface area contributed by atoms with E-state index in [0.29, 0.717) is 19.1 Å². The van der Waals surface area contributed by atoms with Gasteiger partial charge in [0, 0.05) is 24.9 Å². The molecule has 25 heavy (non-hydrogen) atoms. The zero-order valence-corrected chi connectivity index (χ0v) is 17.5. The average molecular weight is 482 g/mol. The molecule has 7 nitrogen and oxygen atoms in total. The molecule has 0 saturated heterocycles. The van der Waals surface area contributed by atoms with E-state index in [1.54, 1.807) is 7.11 Å². The summed E-state index contributed by atoms with van der Waals surface area (Å²) in [4.78, 5) is 4.09. The molecule has 142 valence electrons. The van der Waals surface area contributed by atoms with Gasteiger partial charge in [-0.2, -0.15) is 0 Å². The second-order valence-electron chi connectivity index (χ2n) is 5.95. The SMILES string of the molecule is COCc1ccccc1NC(N)=NCCS(=O)(=O)NCC1CCC1.I. The quantitative estimate of drug-likeness (QED) is 0.283. The van der Waals surface area contributed by atoms with E-state index in [0.717, 1.165) is 24.1 Å². The van der Waals surface area contributed by atoms with Gasteiger partial charge in [-0.25, -0.2) is 13.1 Å². The molecule has 1 aliphatic carbocycles. The number of anilines is 1. The summed E-state index contributed by atoms with van der Waals surface area (Å²) < 4.78 is 31.6. The Balaban J connectivity index is 0.00000312. The number of aliphatic imine (C=N–C) groups is 1. The molecule has 0 aliphatic heterocycles. The molecule has 9 heteroatoms. The molecule has 0 aromatic heterocycles. The Hall–Kier alpha value is -0.910. The number of ether oxygens (including phenoxy) is 1. The van der Waals surface area contributed by atoms with Crippen molar-refractivity contribution in [3.8, 4) is 0 Å². The standard InChI is InChI=1S/C16H26N4O3S.HI/c1-23-12-14-7-2-3-8-15(14)20-16(17)18-9-10-24(21,22)19-11-13-5-4-6-13;/h2-3,7-8,13,19H,4-6,9-12H2,1H3,(H3,17,18,20);1H. The highest BCUT2D eigenvalue weighted by atomic mass is 127. The average Bonchev–Trinajstić information content (AvgIpc) is 2.47. The number of sulfonamides is 1. The van der Waals surface area contributed by atoms with E-state index in [2.05, 4.69) is 15.0 Å². The van der Waals surface area contributed by atoms with Gasteiger partial charge in [-0.3, -0.25) is 4.99 Å². The second kappa shape index (κ2) is 10.9. The molecular weight excluding hydrogens is 455 g/mol. The predicted octanol–water partition coefficient (Wildman–Crippen LogP) is 1.90. The van der Waals surface area contributed by atoms with Crippen LogP contribution in [-0.2, 0) is 21.4 Å². The van der Waals surface area contributed by atoms with E-state index >= 15 is 0 Å². The van der Waals surface area contributed by atoms with Gasteiger partial charge < -0.3 is 15.8 Å². The predicted molar refractivity (Wildman–Crippen MR) is 112 cm³/mol. The van der Waals surface area contributed by atoms with Crippen molar-refractivity contribution in [1.82, 2.24) is 4.72 Å². The fraction of sp³-hybridized carbons (Fsp3) is 0.562. The number of halogens is 1. The number of hydrogen-bond donors (Lipinski definition) is 3. The van der Waals surface area contributed by atoms with Crippen molar-refractivity contribution >= 4 is 45.6 Å². The van der Waals surface area contributed by atoms with Crippen LogP contribution in [0.3, 0.4) is 0 Å². The molecule has 4 N–H and O–H groups in total. The highest BCUT2D eigenvalue weighted by Gasteiger charge is 2.19. The first-order valence-electron chi connectivity index (χ1n) is 8.11. The summed E-state index contributed by atoms with van der Waals surface area (Å²) in [6, 6.07) is 7.58. The molecular formula is C16H27IN4O3S. The maximum Gasteiger partial charge on any atom is 0.213 e. The van der Waals surface area contributed by atoms with Gasteiger partial charge in [-0.1, -0.05) is 24.6 Å². The lowest BCUT2D eigenvalue weighted by atomic mass is 9.86. The number of nitrogens with zero attached hydrogens (tertiary/aromatic N) is 1. The number of benzene rings is 1. The topological polar surface area (TPSA) is 106 Å². The number of para-hydroxylation sites is 1. The van der Waals surface area contributed by atoms with Crippen LogP contribution >= 0.6 is 24.0 Å². The Kier molecular flexibility index (Phi) is 9.69. The Labute approximate surface area is 166 Å². The first-order chi connectivity index (χ1) is 11.5. The molecule has 0 spiro atoms. The van der Waals surface area contributed by atoms with Gasteiger partial charge in [0.1, 0.15) is 0 Å². The summed E-state index contributed by atoms with van der Waals surface area (Å²) in [6.45, 7) is 1.10. The number of hydrogen-bond acceptors (Lipinski definition) is 4. The Morgan fingerprint density at radius 1 is 1.36 bits per heavy atom. The lowest BCUT2D eigenvalue weighted by Gasteiger charge is -2.25. The lowest BCUT2D eigenvalue weighted by Crippen LogP contribution is -2.34. The Morgan fingerprint density at radius 3 is 2.72 bits per heavy atom. The number of guanidine groups is 1. The van der Waals surface area contributed by atoms with Crippen molar-refractivity contribution in [1.29, 1.82) is 0 Å². The van der Waals surface area contributed by atoms with Gasteiger partial charge in [0.25, 0.3) is 0 Å². The van der Waals surface area contributed by atoms with Gasteiger partial charge in [-0.15, -0.1) is 24.0 Å². The highest BCUT2D eigenvalue weighted by Crippen LogP contribution is 2.25. The van der Waals surface area contributed by atoms with Crippen molar-refractivity contribution in [3.63, 3.8) is 0 Å².